The zero-order valence-corrected chi connectivity index (χ0v) is 14.5. The van der Waals surface area contributed by atoms with Crippen molar-refractivity contribution in [3.8, 4) is 22.7 Å². The SMILES string of the molecule is COc1cc(-n2nncc2-c2ccc(SC)cc2)cc(C)c1C. The molecule has 118 valence electrons. The van der Waals surface area contributed by atoms with Crippen LogP contribution in [0.3, 0.4) is 0 Å². The number of rotatable bonds is 4. The van der Waals surface area contributed by atoms with E-state index in [1.807, 2.05) is 10.7 Å². The average molecular weight is 325 g/mol. The van der Waals surface area contributed by atoms with Crippen LogP contribution in [0.25, 0.3) is 16.9 Å². The number of nitrogens with zero attached hydrogens (tertiary/aromatic N) is 3. The highest BCUT2D eigenvalue weighted by molar-refractivity contribution is 7.98. The molecular formula is C18H19N3OS. The predicted molar refractivity (Wildman–Crippen MR) is 94.6 cm³/mol. The quantitative estimate of drug-likeness (QED) is 0.671. The first-order chi connectivity index (χ1) is 11.1. The Morgan fingerprint density at radius 3 is 2.48 bits per heavy atom. The van der Waals surface area contributed by atoms with E-state index >= 15 is 0 Å². The van der Waals surface area contributed by atoms with Gasteiger partial charge in [0, 0.05) is 16.5 Å². The summed E-state index contributed by atoms with van der Waals surface area (Å²) in [7, 11) is 1.69. The van der Waals surface area contributed by atoms with E-state index in [1.54, 1.807) is 25.1 Å². The number of hydrogen-bond donors (Lipinski definition) is 0. The van der Waals surface area contributed by atoms with Crippen LogP contribution >= 0.6 is 11.8 Å². The summed E-state index contributed by atoms with van der Waals surface area (Å²) in [5.41, 5.74) is 5.31. The maximum absolute atomic E-state index is 5.48. The minimum Gasteiger partial charge on any atom is -0.496 e. The van der Waals surface area contributed by atoms with E-state index in [9.17, 15) is 0 Å². The summed E-state index contributed by atoms with van der Waals surface area (Å²) in [6.45, 7) is 4.13. The lowest BCUT2D eigenvalue weighted by atomic mass is 10.1. The Morgan fingerprint density at radius 1 is 1.09 bits per heavy atom. The summed E-state index contributed by atoms with van der Waals surface area (Å²) in [6.07, 6.45) is 3.86. The Hall–Kier alpha value is -2.27. The Labute approximate surface area is 140 Å². The van der Waals surface area contributed by atoms with Crippen LogP contribution in [0.2, 0.25) is 0 Å². The first kappa shape index (κ1) is 15.6. The number of aromatic nitrogens is 3. The van der Waals surface area contributed by atoms with Gasteiger partial charge < -0.3 is 4.74 Å². The van der Waals surface area contributed by atoms with E-state index in [4.69, 9.17) is 4.74 Å². The van der Waals surface area contributed by atoms with Crippen LogP contribution < -0.4 is 4.74 Å². The van der Waals surface area contributed by atoms with Crippen molar-refractivity contribution in [3.63, 3.8) is 0 Å². The monoisotopic (exact) mass is 325 g/mol. The molecule has 3 rings (SSSR count). The molecule has 0 aliphatic rings. The highest BCUT2D eigenvalue weighted by Crippen LogP contribution is 2.29. The second-order valence-corrected chi connectivity index (χ2v) is 6.23. The van der Waals surface area contributed by atoms with Gasteiger partial charge in [0.05, 0.1) is 24.7 Å². The van der Waals surface area contributed by atoms with E-state index in [-0.39, 0.29) is 0 Å². The highest BCUT2D eigenvalue weighted by atomic mass is 32.2. The summed E-state index contributed by atoms with van der Waals surface area (Å²) in [4.78, 5) is 1.24. The second-order valence-electron chi connectivity index (χ2n) is 5.35. The molecule has 0 fully saturated rings. The lowest BCUT2D eigenvalue weighted by molar-refractivity contribution is 0.411. The molecule has 0 aliphatic heterocycles. The minimum absolute atomic E-state index is 0.860. The molecule has 0 saturated carbocycles. The Balaban J connectivity index is 2.09. The summed E-state index contributed by atoms with van der Waals surface area (Å²) < 4.78 is 7.33. The van der Waals surface area contributed by atoms with Gasteiger partial charge in [-0.3, -0.25) is 0 Å². The van der Waals surface area contributed by atoms with Gasteiger partial charge in [-0.05, 0) is 49.4 Å². The molecule has 0 unspecified atom stereocenters. The van der Waals surface area contributed by atoms with Crippen molar-refractivity contribution in [3.05, 3.63) is 53.7 Å². The smallest absolute Gasteiger partial charge is 0.124 e. The number of benzene rings is 2. The number of ether oxygens (including phenoxy) is 1. The van der Waals surface area contributed by atoms with E-state index in [2.05, 4.69) is 60.7 Å². The Bertz CT molecular complexity index is 825. The van der Waals surface area contributed by atoms with E-state index in [0.717, 1.165) is 28.3 Å². The molecule has 23 heavy (non-hydrogen) atoms. The molecule has 0 saturated heterocycles. The molecule has 1 aromatic heterocycles. The third kappa shape index (κ3) is 2.97. The van der Waals surface area contributed by atoms with Crippen LogP contribution in [0, 0.1) is 13.8 Å². The average Bonchev–Trinajstić information content (AvgIpc) is 3.07. The van der Waals surface area contributed by atoms with Crippen molar-refractivity contribution in [1.82, 2.24) is 15.0 Å². The lowest BCUT2D eigenvalue weighted by Gasteiger charge is -2.12. The third-order valence-electron chi connectivity index (χ3n) is 4.00. The molecule has 0 bridgehead atoms. The van der Waals surface area contributed by atoms with Crippen LogP contribution in [0.15, 0.2) is 47.5 Å². The van der Waals surface area contributed by atoms with E-state index < -0.39 is 0 Å². The maximum Gasteiger partial charge on any atom is 0.124 e. The number of hydrogen-bond acceptors (Lipinski definition) is 4. The lowest BCUT2D eigenvalue weighted by Crippen LogP contribution is -2.02. The van der Waals surface area contributed by atoms with Gasteiger partial charge in [-0.25, -0.2) is 4.68 Å². The van der Waals surface area contributed by atoms with Gasteiger partial charge in [-0.15, -0.1) is 16.9 Å². The van der Waals surface area contributed by atoms with Crippen molar-refractivity contribution in [2.45, 2.75) is 18.7 Å². The summed E-state index contributed by atoms with van der Waals surface area (Å²) >= 11 is 1.73. The molecular weight excluding hydrogens is 306 g/mol. The molecule has 4 nitrogen and oxygen atoms in total. The molecule has 0 radical (unpaired) electrons. The zero-order chi connectivity index (χ0) is 16.4. The van der Waals surface area contributed by atoms with E-state index in [1.165, 1.54) is 10.5 Å². The highest BCUT2D eigenvalue weighted by Gasteiger charge is 2.12. The van der Waals surface area contributed by atoms with Crippen molar-refractivity contribution < 1.29 is 4.74 Å². The predicted octanol–water partition coefficient (Wildman–Crippen LogP) is 4.28. The Kier molecular flexibility index (Phi) is 4.39. The molecule has 3 aromatic rings. The summed E-state index contributed by atoms with van der Waals surface area (Å²) in [5.74, 6) is 0.860. The largest absolute Gasteiger partial charge is 0.496 e. The van der Waals surface area contributed by atoms with Crippen LogP contribution in [0.4, 0.5) is 0 Å². The summed E-state index contributed by atoms with van der Waals surface area (Å²) in [5, 5.41) is 8.35. The van der Waals surface area contributed by atoms with Crippen LogP contribution in [0.5, 0.6) is 5.75 Å². The van der Waals surface area contributed by atoms with Crippen molar-refractivity contribution in [1.29, 1.82) is 0 Å². The molecule has 2 aromatic carbocycles. The fraction of sp³-hybridized carbons (Fsp3) is 0.222. The van der Waals surface area contributed by atoms with Gasteiger partial charge >= 0.3 is 0 Å². The minimum atomic E-state index is 0.860. The molecule has 0 spiro atoms. The second kappa shape index (κ2) is 6.46. The van der Waals surface area contributed by atoms with Gasteiger partial charge in [0.15, 0.2) is 0 Å². The fourth-order valence-corrected chi connectivity index (χ4v) is 2.94. The third-order valence-corrected chi connectivity index (χ3v) is 4.75. The molecule has 0 N–H and O–H groups in total. The van der Waals surface area contributed by atoms with Crippen LogP contribution in [-0.4, -0.2) is 28.4 Å². The Morgan fingerprint density at radius 2 is 1.83 bits per heavy atom. The fourth-order valence-electron chi connectivity index (χ4n) is 2.53. The zero-order valence-electron chi connectivity index (χ0n) is 13.7. The molecule has 0 aliphatic carbocycles. The van der Waals surface area contributed by atoms with Crippen LogP contribution in [0.1, 0.15) is 11.1 Å². The topological polar surface area (TPSA) is 39.9 Å². The van der Waals surface area contributed by atoms with Crippen molar-refractivity contribution in [2.24, 2.45) is 0 Å². The van der Waals surface area contributed by atoms with Crippen LogP contribution in [-0.2, 0) is 0 Å². The van der Waals surface area contributed by atoms with Crippen molar-refractivity contribution >= 4 is 11.8 Å². The summed E-state index contributed by atoms with van der Waals surface area (Å²) in [6, 6.07) is 12.5. The standard InChI is InChI=1S/C18H19N3OS/c1-12-9-15(10-18(22-3)13(12)2)21-17(11-19-20-21)14-5-7-16(23-4)8-6-14/h5-11H,1-4H3. The van der Waals surface area contributed by atoms with Gasteiger partial charge in [0.1, 0.15) is 5.75 Å². The molecule has 0 amide bonds. The van der Waals surface area contributed by atoms with Gasteiger partial charge in [0.2, 0.25) is 0 Å². The first-order valence-electron chi connectivity index (χ1n) is 7.34. The van der Waals surface area contributed by atoms with Gasteiger partial charge in [-0.2, -0.15) is 0 Å². The van der Waals surface area contributed by atoms with Gasteiger partial charge in [0.25, 0.3) is 0 Å². The van der Waals surface area contributed by atoms with Crippen molar-refractivity contribution in [2.75, 3.05) is 13.4 Å². The van der Waals surface area contributed by atoms with E-state index in [0.29, 0.717) is 0 Å². The number of thioether (sulfide) groups is 1. The van der Waals surface area contributed by atoms with Gasteiger partial charge in [-0.1, -0.05) is 17.3 Å². The molecule has 5 heteroatoms. The molecule has 1 heterocycles. The number of methoxy groups -OCH3 is 1. The number of aryl methyl sites for hydroxylation is 1. The first-order valence-corrected chi connectivity index (χ1v) is 8.57. The normalized spacial score (nSPS) is 10.8. The molecule has 0 atom stereocenters. The maximum atomic E-state index is 5.48.